The zero-order valence-corrected chi connectivity index (χ0v) is 15.6. The molecule has 3 rings (SSSR count). The summed E-state index contributed by atoms with van der Waals surface area (Å²) < 4.78 is 54.0. The van der Waals surface area contributed by atoms with Crippen LogP contribution in [-0.2, 0) is 10.7 Å². The van der Waals surface area contributed by atoms with Crippen molar-refractivity contribution in [1.82, 2.24) is 15.3 Å². The number of benzene rings is 1. The van der Waals surface area contributed by atoms with Gasteiger partial charge in [-0.3, -0.25) is 0 Å². The van der Waals surface area contributed by atoms with Crippen LogP contribution in [0.4, 0.5) is 24.8 Å². The maximum absolute atomic E-state index is 13.5. The fourth-order valence-electron chi connectivity index (χ4n) is 3.12. The van der Waals surface area contributed by atoms with Crippen LogP contribution < -0.4 is 27.1 Å². The minimum absolute atomic E-state index is 0.00127. The average molecular weight is 399 g/mol. The molecular formula is C17H21F3N5OP. The first-order valence-corrected chi connectivity index (χ1v) is 10.7. The van der Waals surface area contributed by atoms with Gasteiger partial charge in [-0.25, -0.2) is 9.97 Å². The molecule has 0 spiro atoms. The Morgan fingerprint density at radius 3 is 2.70 bits per heavy atom. The van der Waals surface area contributed by atoms with Crippen molar-refractivity contribution >= 4 is 29.5 Å². The van der Waals surface area contributed by atoms with E-state index in [0.29, 0.717) is 12.7 Å². The lowest BCUT2D eigenvalue weighted by Crippen LogP contribution is -2.39. The van der Waals surface area contributed by atoms with Crippen LogP contribution in [0.1, 0.15) is 18.4 Å². The predicted molar refractivity (Wildman–Crippen MR) is 100 cm³/mol. The molecule has 4 N–H and O–H groups in total. The van der Waals surface area contributed by atoms with E-state index in [-0.39, 0.29) is 23.0 Å². The highest BCUT2D eigenvalue weighted by atomic mass is 31.2. The Bertz CT molecular complexity index is 868. The highest BCUT2D eigenvalue weighted by Crippen LogP contribution is 2.44. The van der Waals surface area contributed by atoms with Crippen molar-refractivity contribution in [3.05, 3.63) is 36.0 Å². The average Bonchev–Trinajstić information content (AvgIpc) is 2.62. The number of nitrogens with one attached hydrogen (secondary N) is 2. The number of alkyl halides is 3. The summed E-state index contributed by atoms with van der Waals surface area (Å²) in [5.74, 6) is 0.0308. The van der Waals surface area contributed by atoms with Gasteiger partial charge >= 0.3 is 6.18 Å². The van der Waals surface area contributed by atoms with Gasteiger partial charge in [-0.2, -0.15) is 13.2 Å². The van der Waals surface area contributed by atoms with Gasteiger partial charge in [0, 0.05) is 29.8 Å². The van der Waals surface area contributed by atoms with Gasteiger partial charge in [0.1, 0.15) is 11.0 Å². The second kappa shape index (κ2) is 7.48. The number of piperidine rings is 1. The van der Waals surface area contributed by atoms with E-state index in [1.807, 2.05) is 0 Å². The number of nitrogen functional groups attached to an aromatic ring is 1. The van der Waals surface area contributed by atoms with E-state index in [0.717, 1.165) is 19.4 Å². The van der Waals surface area contributed by atoms with Crippen molar-refractivity contribution in [3.8, 4) is 0 Å². The molecule has 2 aromatic rings. The van der Waals surface area contributed by atoms with Crippen molar-refractivity contribution < 1.29 is 17.7 Å². The van der Waals surface area contributed by atoms with E-state index in [9.17, 15) is 17.7 Å². The van der Waals surface area contributed by atoms with Crippen LogP contribution in [0.2, 0.25) is 0 Å². The molecule has 0 radical (unpaired) electrons. The summed E-state index contributed by atoms with van der Waals surface area (Å²) in [7, 11) is -3.70. The summed E-state index contributed by atoms with van der Waals surface area (Å²) in [6.07, 6.45) is -2.24. The molecule has 0 saturated carbocycles. The molecule has 10 heteroatoms. The lowest BCUT2D eigenvalue weighted by molar-refractivity contribution is -0.137. The van der Waals surface area contributed by atoms with Crippen LogP contribution in [0.15, 0.2) is 30.5 Å². The number of halogens is 3. The molecule has 0 bridgehead atoms. The first-order chi connectivity index (χ1) is 12.7. The number of rotatable bonds is 4. The third kappa shape index (κ3) is 4.25. The number of anilines is 2. The minimum Gasteiger partial charge on any atom is -0.398 e. The zero-order valence-electron chi connectivity index (χ0n) is 14.8. The van der Waals surface area contributed by atoms with E-state index < -0.39 is 24.3 Å². The summed E-state index contributed by atoms with van der Waals surface area (Å²) in [4.78, 5) is 7.84. The lowest BCUT2D eigenvalue weighted by Gasteiger charge is -2.25. The smallest absolute Gasteiger partial charge is 0.398 e. The number of para-hydroxylation sites is 1. The van der Waals surface area contributed by atoms with Gasteiger partial charge in [-0.1, -0.05) is 12.1 Å². The SMILES string of the molecule is CP(=O)(c1ccccc1N)c1nc(NC2CCCNC2)ncc1C(F)(F)F. The third-order valence-electron chi connectivity index (χ3n) is 4.50. The normalized spacial score (nSPS) is 20.1. The molecule has 2 atom stereocenters. The maximum atomic E-state index is 13.5. The molecule has 0 aliphatic carbocycles. The van der Waals surface area contributed by atoms with Gasteiger partial charge in [0.15, 0.2) is 7.14 Å². The fourth-order valence-corrected chi connectivity index (χ4v) is 5.21. The van der Waals surface area contributed by atoms with Crippen molar-refractivity contribution in [2.24, 2.45) is 0 Å². The summed E-state index contributed by atoms with van der Waals surface area (Å²) in [6.45, 7) is 2.81. The molecule has 2 heterocycles. The fraction of sp³-hybridized carbons (Fsp3) is 0.412. The maximum Gasteiger partial charge on any atom is 0.420 e. The molecule has 2 unspecified atom stereocenters. The molecular weight excluding hydrogens is 378 g/mol. The Morgan fingerprint density at radius 1 is 1.33 bits per heavy atom. The minimum atomic E-state index is -4.73. The Labute approximate surface area is 155 Å². The van der Waals surface area contributed by atoms with E-state index in [2.05, 4.69) is 20.6 Å². The number of hydrogen-bond donors (Lipinski definition) is 3. The summed E-state index contributed by atoms with van der Waals surface area (Å²) >= 11 is 0. The predicted octanol–water partition coefficient (Wildman–Crippen LogP) is 2.19. The first kappa shape index (κ1) is 19.6. The first-order valence-electron chi connectivity index (χ1n) is 8.54. The Balaban J connectivity index is 2.06. The lowest BCUT2D eigenvalue weighted by atomic mass is 10.1. The largest absolute Gasteiger partial charge is 0.420 e. The topological polar surface area (TPSA) is 92.9 Å². The highest BCUT2D eigenvalue weighted by Gasteiger charge is 2.41. The van der Waals surface area contributed by atoms with Gasteiger partial charge < -0.3 is 20.9 Å². The Kier molecular flexibility index (Phi) is 5.44. The second-order valence-electron chi connectivity index (χ2n) is 6.60. The molecule has 27 heavy (non-hydrogen) atoms. The summed E-state index contributed by atoms with van der Waals surface area (Å²) in [6, 6.07) is 6.19. The van der Waals surface area contributed by atoms with Crippen LogP contribution in [0, 0.1) is 0 Å². The molecule has 1 saturated heterocycles. The van der Waals surface area contributed by atoms with Crippen LogP contribution in [-0.4, -0.2) is 35.8 Å². The van der Waals surface area contributed by atoms with Crippen LogP contribution in [0.25, 0.3) is 0 Å². The van der Waals surface area contributed by atoms with Crippen molar-refractivity contribution in [1.29, 1.82) is 0 Å². The van der Waals surface area contributed by atoms with Crippen LogP contribution >= 0.6 is 7.14 Å². The van der Waals surface area contributed by atoms with E-state index in [1.165, 1.54) is 18.8 Å². The molecule has 6 nitrogen and oxygen atoms in total. The molecule has 1 aromatic heterocycles. The standard InChI is InChI=1S/C17H21F3N5OP/c1-27(26,14-7-3-2-6-13(14)21)15-12(17(18,19)20)10-23-16(25-15)24-11-5-4-8-22-9-11/h2-3,6-7,10-11,22H,4-5,8-9,21H2,1H3,(H,23,24,25). The Hall–Kier alpha value is -2.12. The van der Waals surface area contributed by atoms with Gasteiger partial charge in [0.2, 0.25) is 5.95 Å². The molecule has 1 aliphatic heterocycles. The van der Waals surface area contributed by atoms with Crippen molar-refractivity contribution in [2.45, 2.75) is 25.1 Å². The quantitative estimate of drug-likeness (QED) is 0.539. The van der Waals surface area contributed by atoms with E-state index in [1.54, 1.807) is 12.1 Å². The van der Waals surface area contributed by atoms with E-state index in [4.69, 9.17) is 5.73 Å². The molecule has 1 aliphatic rings. The van der Waals surface area contributed by atoms with Gasteiger partial charge in [-0.05, 0) is 38.2 Å². The Morgan fingerprint density at radius 2 is 2.07 bits per heavy atom. The monoisotopic (exact) mass is 399 g/mol. The van der Waals surface area contributed by atoms with Crippen molar-refractivity contribution in [2.75, 3.05) is 30.8 Å². The summed E-state index contributed by atoms with van der Waals surface area (Å²) in [5, 5.41) is 6.39. The van der Waals surface area contributed by atoms with Gasteiger partial charge in [0.05, 0.1) is 0 Å². The number of nitrogens with two attached hydrogens (primary N) is 1. The van der Waals surface area contributed by atoms with Gasteiger partial charge in [0.25, 0.3) is 0 Å². The van der Waals surface area contributed by atoms with Crippen LogP contribution in [0.5, 0.6) is 0 Å². The highest BCUT2D eigenvalue weighted by molar-refractivity contribution is 7.78. The second-order valence-corrected chi connectivity index (χ2v) is 9.35. The number of hydrogen-bond acceptors (Lipinski definition) is 6. The van der Waals surface area contributed by atoms with Gasteiger partial charge in [-0.15, -0.1) is 0 Å². The van der Waals surface area contributed by atoms with E-state index >= 15 is 0 Å². The molecule has 0 amide bonds. The number of aromatic nitrogens is 2. The molecule has 1 fully saturated rings. The number of nitrogens with zero attached hydrogens (tertiary/aromatic N) is 2. The molecule has 146 valence electrons. The zero-order chi connectivity index (χ0) is 19.7. The third-order valence-corrected chi connectivity index (χ3v) is 6.98. The summed E-state index contributed by atoms with van der Waals surface area (Å²) in [5.41, 5.74) is 4.40. The van der Waals surface area contributed by atoms with Crippen LogP contribution in [0.3, 0.4) is 0 Å². The molecule has 1 aromatic carbocycles. The van der Waals surface area contributed by atoms with Crippen molar-refractivity contribution in [3.63, 3.8) is 0 Å².